The van der Waals surface area contributed by atoms with Gasteiger partial charge in [0.05, 0.1) is 0 Å². The molecule has 50 valence electrons. The minimum Gasteiger partial charge on any atom is -0.494 e. The summed E-state index contributed by atoms with van der Waals surface area (Å²) in [6, 6.07) is 2.55. The van der Waals surface area contributed by atoms with E-state index in [1.54, 1.807) is 0 Å². The van der Waals surface area contributed by atoms with Crippen LogP contribution in [-0.2, 0) is 0 Å². The Morgan fingerprint density at radius 1 is 1.22 bits per heavy atom. The Balaban J connectivity index is 3.07. The predicted molar refractivity (Wildman–Crippen MR) is 33.4 cm³/mol. The summed E-state index contributed by atoms with van der Waals surface area (Å²) < 4.78 is 9.22. The fourth-order valence-corrected chi connectivity index (χ4v) is 0.775. The SMILES string of the molecule is OSn1c(O)ccc1O. The summed E-state index contributed by atoms with van der Waals surface area (Å²) >= 11 is 0.245. The van der Waals surface area contributed by atoms with Crippen molar-refractivity contribution in [1.82, 2.24) is 3.97 Å². The van der Waals surface area contributed by atoms with Crippen LogP contribution in [-0.4, -0.2) is 18.7 Å². The number of aromatic nitrogens is 1. The number of nitrogens with zero attached hydrogens (tertiary/aromatic N) is 1. The van der Waals surface area contributed by atoms with Crippen LogP contribution in [0.25, 0.3) is 0 Å². The van der Waals surface area contributed by atoms with Crippen molar-refractivity contribution in [3.8, 4) is 11.8 Å². The molecule has 0 aliphatic heterocycles. The van der Waals surface area contributed by atoms with E-state index >= 15 is 0 Å². The molecule has 0 fully saturated rings. The Bertz CT molecular complexity index is 190. The van der Waals surface area contributed by atoms with E-state index < -0.39 is 0 Å². The molecule has 0 saturated carbocycles. The molecule has 5 heteroatoms. The largest absolute Gasteiger partial charge is 0.494 e. The van der Waals surface area contributed by atoms with Crippen molar-refractivity contribution >= 4 is 12.2 Å². The van der Waals surface area contributed by atoms with Crippen molar-refractivity contribution in [2.75, 3.05) is 0 Å². The van der Waals surface area contributed by atoms with E-state index in [-0.39, 0.29) is 24.0 Å². The molecule has 0 aliphatic carbocycles. The molecular weight excluding hydrogens is 142 g/mol. The molecule has 1 heterocycles. The van der Waals surface area contributed by atoms with E-state index in [9.17, 15) is 0 Å². The Hall–Kier alpha value is -0.810. The van der Waals surface area contributed by atoms with Crippen molar-refractivity contribution in [2.24, 2.45) is 0 Å². The minimum atomic E-state index is -0.181. The summed E-state index contributed by atoms with van der Waals surface area (Å²) in [5, 5.41) is 17.5. The van der Waals surface area contributed by atoms with Crippen LogP contribution in [0.4, 0.5) is 0 Å². The second-order valence-electron chi connectivity index (χ2n) is 1.43. The molecule has 1 aromatic heterocycles. The zero-order valence-electron chi connectivity index (χ0n) is 4.35. The van der Waals surface area contributed by atoms with Gasteiger partial charge in [-0.2, -0.15) is 3.97 Å². The summed E-state index contributed by atoms with van der Waals surface area (Å²) in [5.41, 5.74) is 0. The fraction of sp³-hybridized carbons (Fsp3) is 0. The average Bonchev–Trinajstić information content (AvgIpc) is 2.12. The molecule has 0 spiro atoms. The van der Waals surface area contributed by atoms with Crippen molar-refractivity contribution in [3.63, 3.8) is 0 Å². The number of rotatable bonds is 1. The Kier molecular flexibility index (Phi) is 1.54. The van der Waals surface area contributed by atoms with Gasteiger partial charge < -0.3 is 14.8 Å². The van der Waals surface area contributed by atoms with E-state index in [0.717, 1.165) is 3.97 Å². The van der Waals surface area contributed by atoms with Gasteiger partial charge >= 0.3 is 0 Å². The van der Waals surface area contributed by atoms with E-state index in [1.165, 1.54) is 12.1 Å². The highest BCUT2D eigenvalue weighted by Gasteiger charge is 2.03. The first-order valence-electron chi connectivity index (χ1n) is 2.17. The molecule has 0 radical (unpaired) electrons. The van der Waals surface area contributed by atoms with E-state index in [4.69, 9.17) is 14.8 Å². The van der Waals surface area contributed by atoms with E-state index in [1.807, 2.05) is 0 Å². The molecular formula is C4H5NO3S. The summed E-state index contributed by atoms with van der Waals surface area (Å²) in [7, 11) is 0. The van der Waals surface area contributed by atoms with Crippen LogP contribution < -0.4 is 0 Å². The molecule has 0 amide bonds. The first-order valence-corrected chi connectivity index (χ1v) is 2.90. The Morgan fingerprint density at radius 2 is 1.67 bits per heavy atom. The molecule has 9 heavy (non-hydrogen) atoms. The molecule has 0 saturated heterocycles. The smallest absolute Gasteiger partial charge is 0.206 e. The molecule has 0 atom stereocenters. The molecule has 1 aromatic rings. The maximum Gasteiger partial charge on any atom is 0.206 e. The highest BCUT2D eigenvalue weighted by Crippen LogP contribution is 2.24. The zero-order valence-corrected chi connectivity index (χ0v) is 5.17. The first-order chi connectivity index (χ1) is 4.25. The third-order valence-electron chi connectivity index (χ3n) is 0.879. The maximum atomic E-state index is 8.75. The standard InChI is InChI=1S/C4H5NO3S/c6-3-1-2-4(7)5(3)9-8/h1-2,6-8H. The molecule has 0 aliphatic rings. The van der Waals surface area contributed by atoms with Crippen LogP contribution in [0, 0.1) is 0 Å². The fourth-order valence-electron chi connectivity index (χ4n) is 0.485. The summed E-state index contributed by atoms with van der Waals surface area (Å²) in [6.45, 7) is 0. The Morgan fingerprint density at radius 3 is 1.89 bits per heavy atom. The highest BCUT2D eigenvalue weighted by atomic mass is 32.2. The second kappa shape index (κ2) is 2.20. The molecule has 3 N–H and O–H groups in total. The molecule has 4 nitrogen and oxygen atoms in total. The topological polar surface area (TPSA) is 65.6 Å². The van der Waals surface area contributed by atoms with Gasteiger partial charge in [-0.3, -0.25) is 0 Å². The third kappa shape index (κ3) is 0.962. The van der Waals surface area contributed by atoms with Crippen LogP contribution in [0.1, 0.15) is 0 Å². The lowest BCUT2D eigenvalue weighted by Gasteiger charge is -1.96. The van der Waals surface area contributed by atoms with Crippen LogP contribution in [0.15, 0.2) is 12.1 Å². The van der Waals surface area contributed by atoms with Gasteiger partial charge in [0.2, 0.25) is 11.8 Å². The summed E-state index contributed by atoms with van der Waals surface area (Å²) in [4.78, 5) is 0. The van der Waals surface area contributed by atoms with Crippen molar-refractivity contribution in [3.05, 3.63) is 12.1 Å². The van der Waals surface area contributed by atoms with Gasteiger partial charge in [-0.1, -0.05) is 0 Å². The molecule has 1 rings (SSSR count). The normalized spacial score (nSPS) is 9.89. The second-order valence-corrected chi connectivity index (χ2v) is 1.95. The van der Waals surface area contributed by atoms with Gasteiger partial charge in [-0.05, 0) is 0 Å². The molecule has 0 bridgehead atoms. The van der Waals surface area contributed by atoms with Gasteiger partial charge in [0.1, 0.15) is 12.2 Å². The molecule has 0 aromatic carbocycles. The average molecular weight is 147 g/mol. The lowest BCUT2D eigenvalue weighted by molar-refractivity contribution is 0.412. The van der Waals surface area contributed by atoms with Gasteiger partial charge in [0.15, 0.2) is 0 Å². The zero-order chi connectivity index (χ0) is 6.85. The number of aromatic hydroxyl groups is 2. The van der Waals surface area contributed by atoms with Gasteiger partial charge in [0.25, 0.3) is 0 Å². The van der Waals surface area contributed by atoms with Crippen molar-refractivity contribution in [2.45, 2.75) is 0 Å². The summed E-state index contributed by atoms with van der Waals surface area (Å²) in [6.07, 6.45) is 0. The third-order valence-corrected chi connectivity index (χ3v) is 1.42. The monoisotopic (exact) mass is 147 g/mol. The van der Waals surface area contributed by atoms with Gasteiger partial charge in [0, 0.05) is 12.1 Å². The first kappa shape index (κ1) is 6.31. The maximum absolute atomic E-state index is 8.75. The van der Waals surface area contributed by atoms with Crippen molar-refractivity contribution in [1.29, 1.82) is 0 Å². The van der Waals surface area contributed by atoms with Gasteiger partial charge in [-0.25, -0.2) is 0 Å². The lowest BCUT2D eigenvalue weighted by atomic mass is 10.6. The molecule has 0 unspecified atom stereocenters. The quantitative estimate of drug-likeness (QED) is 0.515. The van der Waals surface area contributed by atoms with Crippen LogP contribution >= 0.6 is 12.2 Å². The Labute approximate surface area is 55.7 Å². The minimum absolute atomic E-state index is 0.181. The van der Waals surface area contributed by atoms with Crippen LogP contribution in [0.5, 0.6) is 11.8 Å². The number of hydrogen-bond acceptors (Lipinski definition) is 4. The van der Waals surface area contributed by atoms with Crippen LogP contribution in [0.3, 0.4) is 0 Å². The predicted octanol–water partition coefficient (Wildman–Crippen LogP) is 0.869. The van der Waals surface area contributed by atoms with E-state index in [0.29, 0.717) is 0 Å². The van der Waals surface area contributed by atoms with Gasteiger partial charge in [-0.15, -0.1) is 0 Å². The number of hydrogen-bond donors (Lipinski definition) is 3. The summed E-state index contributed by atoms with van der Waals surface area (Å²) in [5.74, 6) is -0.361. The lowest BCUT2D eigenvalue weighted by Crippen LogP contribution is -1.80. The highest BCUT2D eigenvalue weighted by molar-refractivity contribution is 7.92. The van der Waals surface area contributed by atoms with E-state index in [2.05, 4.69) is 0 Å². The van der Waals surface area contributed by atoms with Crippen molar-refractivity contribution < 1.29 is 14.8 Å². The van der Waals surface area contributed by atoms with Crippen LogP contribution in [0.2, 0.25) is 0 Å².